The highest BCUT2D eigenvalue weighted by Gasteiger charge is 2.16. The Balaban J connectivity index is 2.01. The van der Waals surface area contributed by atoms with Crippen molar-refractivity contribution in [2.24, 2.45) is 7.05 Å². The summed E-state index contributed by atoms with van der Waals surface area (Å²) in [5.74, 6) is 0.395. The molecule has 25 heavy (non-hydrogen) atoms. The van der Waals surface area contributed by atoms with Gasteiger partial charge in [-0.3, -0.25) is 9.59 Å². The molecule has 0 aliphatic rings. The zero-order valence-corrected chi connectivity index (χ0v) is 14.5. The topological polar surface area (TPSA) is 64.0 Å². The highest BCUT2D eigenvalue weighted by atomic mass is 32.2. The molecular weight excluding hydrogens is 334 g/mol. The van der Waals surface area contributed by atoms with Gasteiger partial charge in [0.05, 0.1) is 11.1 Å². The standard InChI is InChI=1S/C19H17N3O2S/c1-3-12-25-16-11-7-6-10-15(16)20-18(23)17-13-8-4-5-9-14(13)19(24)22(2)21-17/h3-11H,1,12H2,2H3,(H,20,23). The molecule has 1 N–H and O–H groups in total. The molecule has 0 radical (unpaired) electrons. The van der Waals surface area contributed by atoms with Crippen LogP contribution in [0, 0.1) is 0 Å². The first kappa shape index (κ1) is 17.0. The lowest BCUT2D eigenvalue weighted by molar-refractivity contribution is 0.102. The Morgan fingerprint density at radius 3 is 2.64 bits per heavy atom. The third kappa shape index (κ3) is 3.49. The second kappa shape index (κ2) is 7.36. The summed E-state index contributed by atoms with van der Waals surface area (Å²) in [5, 5.41) is 8.07. The number of amides is 1. The molecule has 0 aliphatic heterocycles. The van der Waals surface area contributed by atoms with Crippen molar-refractivity contribution in [2.45, 2.75) is 4.90 Å². The quantitative estimate of drug-likeness (QED) is 0.565. The van der Waals surface area contributed by atoms with Crippen molar-refractivity contribution in [2.75, 3.05) is 11.1 Å². The summed E-state index contributed by atoms with van der Waals surface area (Å²) >= 11 is 1.59. The van der Waals surface area contributed by atoms with E-state index in [1.807, 2.05) is 30.3 Å². The minimum Gasteiger partial charge on any atom is -0.320 e. The molecule has 0 saturated carbocycles. The van der Waals surface area contributed by atoms with E-state index in [-0.39, 0.29) is 17.2 Å². The number of nitrogens with one attached hydrogen (secondary N) is 1. The van der Waals surface area contributed by atoms with Crippen LogP contribution >= 0.6 is 11.8 Å². The SMILES string of the molecule is C=CCSc1ccccc1NC(=O)c1nn(C)c(=O)c2ccccc12. The molecule has 3 aromatic rings. The van der Waals surface area contributed by atoms with Crippen LogP contribution in [0.15, 0.2) is 70.9 Å². The van der Waals surface area contributed by atoms with Gasteiger partial charge in [-0.1, -0.05) is 36.4 Å². The van der Waals surface area contributed by atoms with E-state index in [1.54, 1.807) is 43.1 Å². The summed E-state index contributed by atoms with van der Waals surface area (Å²) in [7, 11) is 1.54. The van der Waals surface area contributed by atoms with Gasteiger partial charge < -0.3 is 5.32 Å². The number of rotatable bonds is 5. The van der Waals surface area contributed by atoms with Crippen molar-refractivity contribution in [3.63, 3.8) is 0 Å². The van der Waals surface area contributed by atoms with Gasteiger partial charge in [0.1, 0.15) is 0 Å². The molecule has 0 bridgehead atoms. The van der Waals surface area contributed by atoms with E-state index in [9.17, 15) is 9.59 Å². The van der Waals surface area contributed by atoms with E-state index in [1.165, 1.54) is 4.68 Å². The molecule has 0 unspecified atom stereocenters. The fourth-order valence-electron chi connectivity index (χ4n) is 2.49. The molecule has 0 spiro atoms. The minimum absolute atomic E-state index is 0.223. The van der Waals surface area contributed by atoms with Crippen LogP contribution < -0.4 is 10.9 Å². The Kier molecular flexibility index (Phi) is 5.00. The van der Waals surface area contributed by atoms with Gasteiger partial charge in [-0.2, -0.15) is 5.10 Å². The minimum atomic E-state index is -0.349. The molecule has 0 aliphatic carbocycles. The summed E-state index contributed by atoms with van der Waals surface area (Å²) < 4.78 is 1.19. The second-order valence-electron chi connectivity index (χ2n) is 5.37. The van der Waals surface area contributed by atoms with Crippen molar-refractivity contribution >= 4 is 34.1 Å². The number of hydrogen-bond acceptors (Lipinski definition) is 4. The molecular formula is C19H17N3O2S. The number of fused-ring (bicyclic) bond motifs is 1. The van der Waals surface area contributed by atoms with Gasteiger partial charge in [0, 0.05) is 23.1 Å². The van der Waals surface area contributed by atoms with Crippen molar-refractivity contribution in [1.82, 2.24) is 9.78 Å². The Bertz CT molecular complexity index is 1010. The van der Waals surface area contributed by atoms with Crippen LogP contribution in [0.4, 0.5) is 5.69 Å². The molecule has 2 aromatic carbocycles. The summed E-state index contributed by atoms with van der Waals surface area (Å²) in [5.41, 5.74) is 0.703. The molecule has 0 atom stereocenters. The third-order valence-electron chi connectivity index (χ3n) is 3.66. The number of anilines is 1. The van der Waals surface area contributed by atoms with Crippen molar-refractivity contribution in [3.8, 4) is 0 Å². The second-order valence-corrected chi connectivity index (χ2v) is 6.43. The van der Waals surface area contributed by atoms with Crippen LogP contribution in [-0.2, 0) is 7.05 Å². The maximum absolute atomic E-state index is 12.8. The van der Waals surface area contributed by atoms with Crippen LogP contribution in [0.2, 0.25) is 0 Å². The number of nitrogens with zero attached hydrogens (tertiary/aromatic N) is 2. The van der Waals surface area contributed by atoms with E-state index < -0.39 is 0 Å². The first-order valence-corrected chi connectivity index (χ1v) is 8.70. The molecule has 6 heteroatoms. The molecule has 1 amide bonds. The summed E-state index contributed by atoms with van der Waals surface area (Å²) in [6.07, 6.45) is 1.81. The lowest BCUT2D eigenvalue weighted by Gasteiger charge is -2.11. The zero-order chi connectivity index (χ0) is 17.8. The number of aromatic nitrogens is 2. The molecule has 0 saturated heterocycles. The lowest BCUT2D eigenvalue weighted by Crippen LogP contribution is -2.25. The summed E-state index contributed by atoms with van der Waals surface area (Å²) in [6.45, 7) is 3.72. The van der Waals surface area contributed by atoms with Crippen LogP contribution in [0.5, 0.6) is 0 Å². The molecule has 0 fully saturated rings. The van der Waals surface area contributed by atoms with E-state index >= 15 is 0 Å². The smallest absolute Gasteiger partial charge is 0.276 e. The average molecular weight is 351 g/mol. The molecule has 3 rings (SSSR count). The van der Waals surface area contributed by atoms with E-state index in [0.717, 1.165) is 10.6 Å². The fraction of sp³-hybridized carbons (Fsp3) is 0.105. The number of benzene rings is 2. The van der Waals surface area contributed by atoms with Crippen LogP contribution in [0.3, 0.4) is 0 Å². The molecule has 5 nitrogen and oxygen atoms in total. The fourth-order valence-corrected chi connectivity index (χ4v) is 3.24. The third-order valence-corrected chi connectivity index (χ3v) is 4.73. The van der Waals surface area contributed by atoms with Gasteiger partial charge in [-0.05, 0) is 18.2 Å². The van der Waals surface area contributed by atoms with E-state index in [4.69, 9.17) is 0 Å². The van der Waals surface area contributed by atoms with Gasteiger partial charge >= 0.3 is 0 Å². The maximum Gasteiger partial charge on any atom is 0.276 e. The Morgan fingerprint density at radius 2 is 1.88 bits per heavy atom. The van der Waals surface area contributed by atoms with Crippen molar-refractivity contribution < 1.29 is 4.79 Å². The predicted octanol–water partition coefficient (Wildman–Crippen LogP) is 3.46. The summed E-state index contributed by atoms with van der Waals surface area (Å²) in [6, 6.07) is 14.5. The molecule has 1 aromatic heterocycles. The first-order valence-electron chi connectivity index (χ1n) is 7.72. The van der Waals surface area contributed by atoms with Crippen LogP contribution in [0.25, 0.3) is 10.8 Å². The normalized spacial score (nSPS) is 10.6. The maximum atomic E-state index is 12.8. The van der Waals surface area contributed by atoms with Gasteiger partial charge in [0.15, 0.2) is 5.69 Å². The highest BCUT2D eigenvalue weighted by molar-refractivity contribution is 7.99. The number of aryl methyl sites for hydroxylation is 1. The number of carbonyl (C=O) groups excluding carboxylic acids is 1. The summed E-state index contributed by atoms with van der Waals surface area (Å²) in [4.78, 5) is 25.9. The van der Waals surface area contributed by atoms with Crippen molar-refractivity contribution in [1.29, 1.82) is 0 Å². The van der Waals surface area contributed by atoms with Gasteiger partial charge in [-0.25, -0.2) is 4.68 Å². The first-order chi connectivity index (χ1) is 12.1. The predicted molar refractivity (Wildman–Crippen MR) is 102 cm³/mol. The average Bonchev–Trinajstić information content (AvgIpc) is 2.64. The largest absolute Gasteiger partial charge is 0.320 e. The Hall–Kier alpha value is -2.86. The Morgan fingerprint density at radius 1 is 1.20 bits per heavy atom. The molecule has 1 heterocycles. The Labute approximate surface area is 149 Å². The number of hydrogen-bond donors (Lipinski definition) is 1. The van der Waals surface area contributed by atoms with Gasteiger partial charge in [0.25, 0.3) is 11.5 Å². The van der Waals surface area contributed by atoms with E-state index in [0.29, 0.717) is 16.5 Å². The van der Waals surface area contributed by atoms with Crippen LogP contribution in [0.1, 0.15) is 10.5 Å². The lowest BCUT2D eigenvalue weighted by atomic mass is 10.1. The highest BCUT2D eigenvalue weighted by Crippen LogP contribution is 2.27. The van der Waals surface area contributed by atoms with E-state index in [2.05, 4.69) is 17.0 Å². The zero-order valence-electron chi connectivity index (χ0n) is 13.7. The molecule has 126 valence electrons. The van der Waals surface area contributed by atoms with Crippen molar-refractivity contribution in [3.05, 3.63) is 77.2 Å². The van der Waals surface area contributed by atoms with Gasteiger partial charge in [-0.15, -0.1) is 18.3 Å². The number of para-hydroxylation sites is 1. The monoisotopic (exact) mass is 351 g/mol. The number of carbonyl (C=O) groups is 1. The number of thioether (sulfide) groups is 1. The van der Waals surface area contributed by atoms with Crippen LogP contribution in [-0.4, -0.2) is 21.4 Å². The van der Waals surface area contributed by atoms with Gasteiger partial charge in [0.2, 0.25) is 0 Å².